The molecule has 0 aliphatic heterocycles. The van der Waals surface area contributed by atoms with E-state index in [1.54, 1.807) is 11.8 Å². The molecule has 114 valence electrons. The summed E-state index contributed by atoms with van der Waals surface area (Å²) in [6.45, 7) is 0. The van der Waals surface area contributed by atoms with Gasteiger partial charge in [0, 0.05) is 10.6 Å². The first kappa shape index (κ1) is 15.7. The molecule has 0 radical (unpaired) electrons. The minimum Gasteiger partial charge on any atom is -0.481 e. The van der Waals surface area contributed by atoms with Gasteiger partial charge in [0.2, 0.25) is 0 Å². The second kappa shape index (κ2) is 6.85. The van der Waals surface area contributed by atoms with Gasteiger partial charge in [-0.25, -0.2) is 4.79 Å². The van der Waals surface area contributed by atoms with E-state index in [1.807, 2.05) is 30.5 Å². The average molecular weight is 308 g/mol. The Hall–Kier alpha value is -1.69. The number of aliphatic carboxylic acids is 1. The summed E-state index contributed by atoms with van der Waals surface area (Å²) >= 11 is 1.64. The average Bonchev–Trinajstić information content (AvgIpc) is 2.86. The van der Waals surface area contributed by atoms with E-state index >= 15 is 0 Å². The third kappa shape index (κ3) is 4.39. The smallest absolute Gasteiger partial charge is 0.319 e. The number of anilines is 1. The quantitative estimate of drug-likeness (QED) is 0.729. The summed E-state index contributed by atoms with van der Waals surface area (Å²) in [5.41, 5.74) is 0.101. The molecule has 0 aromatic heterocycles. The number of urea groups is 1. The van der Waals surface area contributed by atoms with Crippen LogP contribution < -0.4 is 10.6 Å². The second-order valence-electron chi connectivity index (χ2n) is 5.37. The van der Waals surface area contributed by atoms with Gasteiger partial charge in [-0.3, -0.25) is 4.79 Å². The Morgan fingerprint density at radius 2 is 1.86 bits per heavy atom. The van der Waals surface area contributed by atoms with Gasteiger partial charge in [-0.2, -0.15) is 0 Å². The maximum atomic E-state index is 12.1. The molecule has 1 aliphatic carbocycles. The fourth-order valence-electron chi connectivity index (χ4n) is 2.76. The van der Waals surface area contributed by atoms with Gasteiger partial charge in [0.25, 0.3) is 0 Å². The molecule has 0 heterocycles. The number of carboxylic acids is 1. The van der Waals surface area contributed by atoms with E-state index in [0.717, 1.165) is 30.6 Å². The molecule has 1 aromatic rings. The third-order valence-electron chi connectivity index (χ3n) is 3.78. The van der Waals surface area contributed by atoms with Crippen LogP contribution in [0, 0.1) is 0 Å². The number of hydrogen-bond donors (Lipinski definition) is 3. The van der Waals surface area contributed by atoms with Crippen LogP contribution in [-0.4, -0.2) is 28.9 Å². The summed E-state index contributed by atoms with van der Waals surface area (Å²) in [7, 11) is 0. The molecule has 0 unspecified atom stereocenters. The Balaban J connectivity index is 1.97. The van der Waals surface area contributed by atoms with E-state index in [0.29, 0.717) is 5.69 Å². The fraction of sp³-hybridized carbons (Fsp3) is 0.467. The summed E-state index contributed by atoms with van der Waals surface area (Å²) in [5.74, 6) is -0.874. The highest BCUT2D eigenvalue weighted by atomic mass is 32.2. The molecule has 0 saturated heterocycles. The predicted molar refractivity (Wildman–Crippen MR) is 83.8 cm³/mol. The second-order valence-corrected chi connectivity index (χ2v) is 6.25. The van der Waals surface area contributed by atoms with Crippen molar-refractivity contribution in [2.45, 2.75) is 42.5 Å². The molecule has 0 bridgehead atoms. The molecular weight excluding hydrogens is 288 g/mol. The highest BCUT2D eigenvalue weighted by Crippen LogP contribution is 2.32. The molecule has 0 atom stereocenters. The lowest BCUT2D eigenvalue weighted by atomic mass is 9.93. The zero-order valence-corrected chi connectivity index (χ0v) is 12.8. The van der Waals surface area contributed by atoms with Crippen LogP contribution in [-0.2, 0) is 4.79 Å². The van der Waals surface area contributed by atoms with Crippen LogP contribution in [0.1, 0.15) is 32.1 Å². The molecule has 1 aliphatic rings. The zero-order chi connectivity index (χ0) is 15.3. The number of hydrogen-bond acceptors (Lipinski definition) is 3. The number of thioether (sulfide) groups is 1. The monoisotopic (exact) mass is 308 g/mol. The number of amides is 2. The van der Waals surface area contributed by atoms with Gasteiger partial charge in [-0.05, 0) is 43.4 Å². The molecule has 21 heavy (non-hydrogen) atoms. The van der Waals surface area contributed by atoms with Crippen molar-refractivity contribution in [2.24, 2.45) is 0 Å². The van der Waals surface area contributed by atoms with Gasteiger partial charge in [0.05, 0.1) is 12.0 Å². The SMILES string of the molecule is CSc1ccc(NC(=O)NC2(CC(=O)O)CCCC2)cc1. The molecule has 5 nitrogen and oxygen atoms in total. The van der Waals surface area contributed by atoms with E-state index in [2.05, 4.69) is 10.6 Å². The molecule has 0 spiro atoms. The third-order valence-corrected chi connectivity index (χ3v) is 4.52. The van der Waals surface area contributed by atoms with Crippen LogP contribution in [0.15, 0.2) is 29.2 Å². The van der Waals surface area contributed by atoms with E-state index in [4.69, 9.17) is 5.11 Å². The molecule has 1 aromatic carbocycles. The number of carbonyl (C=O) groups excluding carboxylic acids is 1. The van der Waals surface area contributed by atoms with Crippen molar-refractivity contribution in [3.63, 3.8) is 0 Å². The Morgan fingerprint density at radius 1 is 1.24 bits per heavy atom. The minimum absolute atomic E-state index is 0.0220. The Kier molecular flexibility index (Phi) is 5.12. The summed E-state index contributed by atoms with van der Waals surface area (Å²) in [5, 5.41) is 14.7. The zero-order valence-electron chi connectivity index (χ0n) is 12.0. The number of rotatable bonds is 5. The maximum absolute atomic E-state index is 12.1. The molecule has 6 heteroatoms. The number of nitrogens with one attached hydrogen (secondary N) is 2. The summed E-state index contributed by atoms with van der Waals surface area (Å²) in [6, 6.07) is 7.20. The molecule has 1 saturated carbocycles. The van der Waals surface area contributed by atoms with Crippen molar-refractivity contribution >= 4 is 29.4 Å². The predicted octanol–water partition coefficient (Wildman–Crippen LogP) is 3.32. The number of carboxylic acid groups (broad SMARTS) is 1. The molecule has 2 rings (SSSR count). The van der Waals surface area contributed by atoms with Crippen molar-refractivity contribution in [3.05, 3.63) is 24.3 Å². The van der Waals surface area contributed by atoms with Gasteiger partial charge in [0.1, 0.15) is 0 Å². The topological polar surface area (TPSA) is 78.4 Å². The maximum Gasteiger partial charge on any atom is 0.319 e. The first-order valence-corrected chi connectivity index (χ1v) is 8.20. The standard InChI is InChI=1S/C15H20N2O3S/c1-21-12-6-4-11(5-7-12)16-14(20)17-15(10-13(18)19)8-2-3-9-15/h4-7H,2-3,8-10H2,1H3,(H,18,19)(H2,16,17,20). The fourth-order valence-corrected chi connectivity index (χ4v) is 3.17. The van der Waals surface area contributed by atoms with Gasteiger partial charge in [-0.15, -0.1) is 11.8 Å². The minimum atomic E-state index is -0.874. The van der Waals surface area contributed by atoms with Gasteiger partial charge in [0.15, 0.2) is 0 Å². The Bertz CT molecular complexity index is 510. The van der Waals surface area contributed by atoms with Gasteiger partial charge in [-0.1, -0.05) is 12.8 Å². The van der Waals surface area contributed by atoms with Crippen molar-refractivity contribution in [3.8, 4) is 0 Å². The van der Waals surface area contributed by atoms with E-state index < -0.39 is 11.5 Å². The van der Waals surface area contributed by atoms with Crippen molar-refractivity contribution in [1.29, 1.82) is 0 Å². The lowest BCUT2D eigenvalue weighted by Gasteiger charge is -2.28. The van der Waals surface area contributed by atoms with Crippen molar-refractivity contribution in [2.75, 3.05) is 11.6 Å². The van der Waals surface area contributed by atoms with E-state index in [-0.39, 0.29) is 12.5 Å². The number of carbonyl (C=O) groups is 2. The highest BCUT2D eigenvalue weighted by molar-refractivity contribution is 7.98. The molecule has 3 N–H and O–H groups in total. The summed E-state index contributed by atoms with van der Waals surface area (Å²) < 4.78 is 0. The van der Waals surface area contributed by atoms with Gasteiger partial charge < -0.3 is 15.7 Å². The summed E-state index contributed by atoms with van der Waals surface area (Å²) in [6.07, 6.45) is 5.32. The molecule has 2 amide bonds. The normalized spacial score (nSPS) is 16.4. The lowest BCUT2D eigenvalue weighted by Crippen LogP contribution is -2.49. The summed E-state index contributed by atoms with van der Waals surface area (Å²) in [4.78, 5) is 24.2. The number of benzene rings is 1. The highest BCUT2D eigenvalue weighted by Gasteiger charge is 2.37. The first-order chi connectivity index (χ1) is 10.0. The Labute approximate surface area is 128 Å². The molecule has 1 fully saturated rings. The molecular formula is C15H20N2O3S. The Morgan fingerprint density at radius 3 is 2.38 bits per heavy atom. The van der Waals surface area contributed by atoms with Gasteiger partial charge >= 0.3 is 12.0 Å². The first-order valence-electron chi connectivity index (χ1n) is 6.98. The van der Waals surface area contributed by atoms with Crippen LogP contribution in [0.4, 0.5) is 10.5 Å². The van der Waals surface area contributed by atoms with Crippen molar-refractivity contribution < 1.29 is 14.7 Å². The lowest BCUT2D eigenvalue weighted by molar-refractivity contribution is -0.138. The largest absolute Gasteiger partial charge is 0.481 e. The van der Waals surface area contributed by atoms with Crippen molar-refractivity contribution in [1.82, 2.24) is 5.32 Å². The van der Waals surface area contributed by atoms with Crippen LogP contribution in [0.25, 0.3) is 0 Å². The van der Waals surface area contributed by atoms with Crippen LogP contribution in [0.3, 0.4) is 0 Å². The van der Waals surface area contributed by atoms with E-state index in [9.17, 15) is 9.59 Å². The van der Waals surface area contributed by atoms with Crippen LogP contribution in [0.2, 0.25) is 0 Å². The van der Waals surface area contributed by atoms with Crippen LogP contribution in [0.5, 0.6) is 0 Å². The van der Waals surface area contributed by atoms with E-state index in [1.165, 1.54) is 0 Å². The van der Waals surface area contributed by atoms with Crippen LogP contribution >= 0.6 is 11.8 Å².